The Bertz CT molecular complexity index is 3260. The van der Waals surface area contributed by atoms with Crippen molar-refractivity contribution in [3.8, 4) is 0 Å². The molecule has 8 rings (SSSR count). The maximum absolute atomic E-state index is 15.6. The zero-order valence-electron chi connectivity index (χ0n) is 64.7. The van der Waals surface area contributed by atoms with Crippen molar-refractivity contribution in [1.82, 2.24) is 60.0 Å². The number of amides is 12. The molecule has 0 aromatic heterocycles. The molecule has 32 heteroatoms. The second-order valence-electron chi connectivity index (χ2n) is 32.7. The fourth-order valence-electron chi connectivity index (χ4n) is 17.8. The molecule has 12 atom stereocenters. The fraction of sp³-hybridized carbons (Fsp3) is 0.816. The topological polar surface area (TPSA) is 270 Å². The van der Waals surface area contributed by atoms with Gasteiger partial charge < -0.3 is 60.0 Å². The summed E-state index contributed by atoms with van der Waals surface area (Å²) >= 11 is 0. The molecule has 3 heterocycles. The third-order valence-corrected chi connectivity index (χ3v) is 25.1. The van der Waals surface area contributed by atoms with E-state index in [1.807, 2.05) is 6.92 Å². The summed E-state index contributed by atoms with van der Waals surface area (Å²) < 4.78 is 115. The van der Waals surface area contributed by atoms with Crippen molar-refractivity contribution in [2.45, 2.75) is 267 Å². The summed E-state index contributed by atoms with van der Waals surface area (Å²) in [4.78, 5) is 192. The van der Waals surface area contributed by atoms with E-state index in [0.717, 1.165) is 21.1 Å². The first kappa shape index (κ1) is 86.4. The molecule has 2 saturated heterocycles. The fourth-order valence-corrected chi connectivity index (χ4v) is 17.8. The van der Waals surface area contributed by atoms with Crippen LogP contribution in [0.4, 0.5) is 35.1 Å². The molecule has 8 aliphatic rings. The van der Waals surface area contributed by atoms with E-state index in [4.69, 9.17) is 0 Å². The lowest BCUT2D eigenvalue weighted by atomic mass is 9.74. The van der Waals surface area contributed by atoms with E-state index in [0.29, 0.717) is 57.8 Å². The number of halogens is 8. The Balaban J connectivity index is 1.19. The van der Waals surface area contributed by atoms with Crippen LogP contribution in [0.25, 0.3) is 0 Å². The molecule has 2 bridgehead atoms. The highest BCUT2D eigenvalue weighted by Crippen LogP contribution is 2.46. The first-order valence-corrected chi connectivity index (χ1v) is 39.1. The van der Waals surface area contributed by atoms with Crippen LogP contribution in [0.3, 0.4) is 0 Å². The van der Waals surface area contributed by atoms with E-state index >= 15 is 47.1 Å². The average Bonchev–Trinajstić information content (AvgIpc) is 1.28. The Morgan fingerprint density at radius 2 is 1.23 bits per heavy atom. The SMILES string of the molecule is CCCN(C)C(=O)[C@@H]1CC(=O)N(C)[C@@H](C2CCC2)C(=O)N[C@@H]([C@@H](C)CC)C(=O)N(C)CC(=O)N(C)[C@H]2C/C=C\CCN(C2=O)[C@@H](CC2CCC(C(F)(F)F)CC2)C(=O)N(C)CC(=O)N[C@@H](CCC2CC(F)C(C(F)(F)F)C(F)C2)C(=O)N2C[C@@H](C)C[C@H]2C(=O)NC2(CCC2)C(=O)N(C)[C@@H](C2CCCC2)C(=O)N1C. The van der Waals surface area contributed by atoms with Crippen LogP contribution in [0, 0.1) is 47.3 Å². The third kappa shape index (κ3) is 20.1. The highest BCUT2D eigenvalue weighted by atomic mass is 19.4. The number of hydrogen-bond acceptors (Lipinski definition) is 12. The maximum Gasteiger partial charge on any atom is 0.397 e. The van der Waals surface area contributed by atoms with Crippen molar-refractivity contribution in [3.63, 3.8) is 0 Å². The van der Waals surface area contributed by atoms with Gasteiger partial charge in [0.2, 0.25) is 70.9 Å². The molecule has 5 aliphatic carbocycles. The van der Waals surface area contributed by atoms with Gasteiger partial charge in [0.05, 0.1) is 25.4 Å². The monoisotopic (exact) mass is 1540 g/mol. The Morgan fingerprint density at radius 1 is 0.620 bits per heavy atom. The molecule has 0 aromatic rings. The molecule has 7 fully saturated rings. The smallest absolute Gasteiger partial charge is 0.344 e. The van der Waals surface area contributed by atoms with E-state index in [1.54, 1.807) is 32.9 Å². The largest absolute Gasteiger partial charge is 0.397 e. The Kier molecular flexibility index (Phi) is 29.4. The van der Waals surface area contributed by atoms with Crippen molar-refractivity contribution in [3.05, 3.63) is 12.2 Å². The molecule has 608 valence electrons. The summed E-state index contributed by atoms with van der Waals surface area (Å²) in [5.41, 5.74) is -1.65. The van der Waals surface area contributed by atoms with Gasteiger partial charge in [-0.05, 0) is 164 Å². The number of rotatable bonds is 12. The Labute approximate surface area is 629 Å². The number of hydrogen-bond donors (Lipinski definition) is 3. The third-order valence-electron chi connectivity index (χ3n) is 25.1. The van der Waals surface area contributed by atoms with E-state index in [9.17, 15) is 45.5 Å². The molecule has 12 amide bonds. The molecule has 108 heavy (non-hydrogen) atoms. The number of fused-ring (bicyclic) bond motifs is 3. The van der Waals surface area contributed by atoms with Gasteiger partial charge in [0.25, 0.3) is 0 Å². The van der Waals surface area contributed by atoms with Crippen LogP contribution in [0.1, 0.15) is 188 Å². The minimum Gasteiger partial charge on any atom is -0.344 e. The average molecular weight is 1540 g/mol. The lowest BCUT2D eigenvalue weighted by Gasteiger charge is -2.47. The van der Waals surface area contributed by atoms with Gasteiger partial charge in [-0.1, -0.05) is 65.5 Å². The summed E-state index contributed by atoms with van der Waals surface area (Å²) in [5, 5.41) is 8.52. The second-order valence-corrected chi connectivity index (χ2v) is 32.7. The molecule has 3 aliphatic heterocycles. The number of nitrogens with one attached hydrogen (secondary N) is 3. The van der Waals surface area contributed by atoms with Crippen molar-refractivity contribution in [2.24, 2.45) is 47.3 Å². The standard InChI is InChI=1S/C76H116F8N12O12/c1-12-34-88(5)68(103)56-40-59(98)93(10)63(48-23-19-24-48)66(101)86-62(45(4)13-2)71(106)90(7)43-60(99)91(8)54-25-15-14-18-35-95(70(54)105)57(39-46-26-29-50(30-27-46)75(79,80)81)69(104)89(6)42-58(97)85-53(31-28-47-37-51(77)61(52(78)38-47)76(82,83)84)67(102)96-41-44(3)36-55(96)65(100)87-74(32-20-33-74)73(108)94(11)64(72(107)92(56)9)49-21-16-17-22-49/h14-15,44-57,61-64H,12-13,16-43H2,1-11H3,(H,85,97)(H,86,101)(H,87,100)/b15-14-/t44-,45-,46?,47?,50?,51?,52?,53-,54-,55-,56-,57-,61?,62-,63-,64-/m0/s1. The highest BCUT2D eigenvalue weighted by Gasteiger charge is 2.56. The summed E-state index contributed by atoms with van der Waals surface area (Å²) in [5.74, 6) is -17.0. The molecule has 1 spiro atoms. The van der Waals surface area contributed by atoms with Gasteiger partial charge in [0, 0.05) is 69.0 Å². The van der Waals surface area contributed by atoms with Crippen molar-refractivity contribution < 1.29 is 92.7 Å². The normalized spacial score (nSPS) is 32.7. The summed E-state index contributed by atoms with van der Waals surface area (Å²) in [6, 6.07) is -11.0. The minimum absolute atomic E-state index is 0.00630. The van der Waals surface area contributed by atoms with Gasteiger partial charge >= 0.3 is 12.4 Å². The molecular weight excluding hydrogens is 1420 g/mol. The van der Waals surface area contributed by atoms with Crippen LogP contribution in [0.15, 0.2) is 12.2 Å². The van der Waals surface area contributed by atoms with Crippen molar-refractivity contribution >= 4 is 70.9 Å². The van der Waals surface area contributed by atoms with Crippen LogP contribution < -0.4 is 16.0 Å². The molecule has 3 N–H and O–H groups in total. The summed E-state index contributed by atoms with van der Waals surface area (Å²) in [6.07, 6.45) is -9.46. The van der Waals surface area contributed by atoms with Crippen LogP contribution in [-0.2, 0) is 57.5 Å². The zero-order chi connectivity index (χ0) is 79.8. The summed E-state index contributed by atoms with van der Waals surface area (Å²) in [7, 11) is 9.70. The maximum atomic E-state index is 15.6. The van der Waals surface area contributed by atoms with Crippen molar-refractivity contribution in [1.29, 1.82) is 0 Å². The first-order valence-electron chi connectivity index (χ1n) is 39.1. The van der Waals surface area contributed by atoms with Gasteiger partial charge in [-0.2, -0.15) is 26.3 Å². The number of likely N-dealkylation sites (N-methyl/N-ethyl adjacent to an activating group) is 7. The van der Waals surface area contributed by atoms with Crippen molar-refractivity contribution in [2.75, 3.05) is 82.1 Å². The summed E-state index contributed by atoms with van der Waals surface area (Å²) in [6.45, 7) is 5.60. The van der Waals surface area contributed by atoms with Crippen LogP contribution >= 0.6 is 0 Å². The lowest BCUT2D eigenvalue weighted by Crippen LogP contribution is -2.68. The molecule has 2 unspecified atom stereocenters. The minimum atomic E-state index is -5.20. The Hall–Kier alpha value is -7.18. The van der Waals surface area contributed by atoms with Crippen LogP contribution in [-0.4, -0.2) is 276 Å². The Morgan fingerprint density at radius 3 is 1.80 bits per heavy atom. The molecular formula is C76H116F8N12O12. The van der Waals surface area contributed by atoms with E-state index in [1.165, 1.54) is 78.7 Å². The quantitative estimate of drug-likeness (QED) is 0.130. The molecule has 0 radical (unpaired) electrons. The van der Waals surface area contributed by atoms with Crippen LogP contribution in [0.2, 0.25) is 0 Å². The molecule has 5 saturated carbocycles. The first-order chi connectivity index (χ1) is 50.7. The second kappa shape index (κ2) is 36.8. The van der Waals surface area contributed by atoms with Gasteiger partial charge in [0.15, 0.2) is 0 Å². The van der Waals surface area contributed by atoms with E-state index in [2.05, 4.69) is 16.0 Å². The van der Waals surface area contributed by atoms with Gasteiger partial charge in [-0.15, -0.1) is 0 Å². The number of carbonyl (C=O) groups excluding carboxylic acids is 12. The lowest BCUT2D eigenvalue weighted by molar-refractivity contribution is -0.219. The van der Waals surface area contributed by atoms with Gasteiger partial charge in [-0.25, -0.2) is 8.78 Å². The van der Waals surface area contributed by atoms with Gasteiger partial charge in [0.1, 0.15) is 72.1 Å². The molecule has 24 nitrogen and oxygen atoms in total. The number of alkyl halides is 8. The van der Waals surface area contributed by atoms with Crippen LogP contribution in [0.5, 0.6) is 0 Å². The van der Waals surface area contributed by atoms with Gasteiger partial charge in [-0.3, -0.25) is 57.5 Å². The zero-order valence-corrected chi connectivity index (χ0v) is 64.7. The number of carbonyl (C=O) groups is 12. The van der Waals surface area contributed by atoms with E-state index < -0.39 is 236 Å². The van der Waals surface area contributed by atoms with E-state index in [-0.39, 0.29) is 90.3 Å². The predicted molar refractivity (Wildman–Crippen MR) is 382 cm³/mol. The highest BCUT2D eigenvalue weighted by molar-refractivity contribution is 6.01. The number of nitrogens with zero attached hydrogens (tertiary/aromatic N) is 9. The molecule has 0 aromatic carbocycles. The predicted octanol–water partition coefficient (Wildman–Crippen LogP) is 7.12.